The lowest BCUT2D eigenvalue weighted by Crippen LogP contribution is -2.52. The topological polar surface area (TPSA) is 35.5 Å². The van der Waals surface area contributed by atoms with Crippen LogP contribution in [0, 0.1) is 5.92 Å². The van der Waals surface area contributed by atoms with Gasteiger partial charge in [-0.1, -0.05) is 0 Å². The minimum absolute atomic E-state index is 0.175. The van der Waals surface area contributed by atoms with Crippen LogP contribution in [0.4, 0.5) is 0 Å². The van der Waals surface area contributed by atoms with Crippen LogP contribution in [0.3, 0.4) is 0 Å². The van der Waals surface area contributed by atoms with E-state index < -0.39 is 0 Å². The molecule has 0 amide bonds. The highest BCUT2D eigenvalue weighted by Crippen LogP contribution is 2.13. The average molecular weight is 158 g/mol. The van der Waals surface area contributed by atoms with E-state index in [2.05, 4.69) is 10.2 Å². The van der Waals surface area contributed by atoms with Crippen LogP contribution < -0.4 is 5.32 Å². The number of aliphatic hydroxyl groups is 1. The molecule has 0 saturated carbocycles. The Morgan fingerprint density at radius 3 is 2.73 bits per heavy atom. The lowest BCUT2D eigenvalue weighted by atomic mass is 10.00. The zero-order chi connectivity index (χ0) is 8.27. The molecular formula is C8H18N2O. The van der Waals surface area contributed by atoms with Gasteiger partial charge in [0.1, 0.15) is 0 Å². The average Bonchev–Trinajstić information content (AvgIpc) is 1.82. The maximum Gasteiger partial charge on any atom is 0.0639 e. The number of hydrogen-bond donors (Lipinski definition) is 2. The second kappa shape index (κ2) is 4.04. The van der Waals surface area contributed by atoms with Crippen LogP contribution in [0.25, 0.3) is 0 Å². The minimum Gasteiger partial charge on any atom is -0.392 e. The summed E-state index contributed by atoms with van der Waals surface area (Å²) in [5.41, 5.74) is 0. The maximum absolute atomic E-state index is 9.05. The maximum atomic E-state index is 9.05. The van der Waals surface area contributed by atoms with Gasteiger partial charge in [-0.05, 0) is 19.9 Å². The molecule has 3 nitrogen and oxygen atoms in total. The zero-order valence-corrected chi connectivity index (χ0v) is 7.38. The van der Waals surface area contributed by atoms with Crippen molar-refractivity contribution in [1.29, 1.82) is 0 Å². The van der Waals surface area contributed by atoms with Gasteiger partial charge in [-0.25, -0.2) is 0 Å². The first kappa shape index (κ1) is 8.97. The second-order valence-corrected chi connectivity index (χ2v) is 3.49. The molecule has 1 fully saturated rings. The fourth-order valence-electron chi connectivity index (χ4n) is 1.62. The van der Waals surface area contributed by atoms with E-state index in [9.17, 15) is 0 Å². The summed E-state index contributed by atoms with van der Waals surface area (Å²) in [6.45, 7) is 6.07. The van der Waals surface area contributed by atoms with E-state index in [0.29, 0.717) is 0 Å². The van der Waals surface area contributed by atoms with Crippen molar-refractivity contribution in [3.63, 3.8) is 0 Å². The van der Waals surface area contributed by atoms with Gasteiger partial charge in [0, 0.05) is 26.2 Å². The highest BCUT2D eigenvalue weighted by molar-refractivity contribution is 4.81. The van der Waals surface area contributed by atoms with Crippen molar-refractivity contribution in [2.24, 2.45) is 5.92 Å². The smallest absolute Gasteiger partial charge is 0.0639 e. The molecule has 1 aliphatic rings. The summed E-state index contributed by atoms with van der Waals surface area (Å²) in [5, 5.41) is 12.2. The van der Waals surface area contributed by atoms with Crippen molar-refractivity contribution >= 4 is 0 Å². The molecule has 0 spiro atoms. The lowest BCUT2D eigenvalue weighted by Gasteiger charge is -2.39. The van der Waals surface area contributed by atoms with E-state index in [1.54, 1.807) is 0 Å². The molecule has 2 N–H and O–H groups in total. The second-order valence-electron chi connectivity index (χ2n) is 3.49. The van der Waals surface area contributed by atoms with Crippen LogP contribution in [0.15, 0.2) is 0 Å². The van der Waals surface area contributed by atoms with Crippen LogP contribution in [0.2, 0.25) is 0 Å². The molecule has 1 unspecified atom stereocenters. The molecule has 0 aromatic carbocycles. The Hall–Kier alpha value is -0.120. The molecule has 1 rings (SSSR count). The third-order valence-electron chi connectivity index (χ3n) is 2.05. The van der Waals surface area contributed by atoms with Crippen molar-refractivity contribution in [1.82, 2.24) is 10.2 Å². The first-order valence-electron chi connectivity index (χ1n) is 4.27. The highest BCUT2D eigenvalue weighted by Gasteiger charge is 2.25. The Morgan fingerprint density at radius 1 is 1.64 bits per heavy atom. The van der Waals surface area contributed by atoms with Crippen LogP contribution in [-0.4, -0.2) is 49.3 Å². The van der Waals surface area contributed by atoms with Crippen LogP contribution in [0.1, 0.15) is 6.92 Å². The summed E-state index contributed by atoms with van der Waals surface area (Å²) in [6, 6.07) is 0. The summed E-state index contributed by atoms with van der Waals surface area (Å²) in [4.78, 5) is 2.28. The van der Waals surface area contributed by atoms with Gasteiger partial charge < -0.3 is 15.3 Å². The van der Waals surface area contributed by atoms with Gasteiger partial charge in [0.15, 0.2) is 0 Å². The molecule has 66 valence electrons. The molecule has 0 bridgehead atoms. The third-order valence-corrected chi connectivity index (χ3v) is 2.05. The van der Waals surface area contributed by atoms with E-state index >= 15 is 0 Å². The molecular weight excluding hydrogens is 140 g/mol. The number of nitrogens with zero attached hydrogens (tertiary/aromatic N) is 1. The Kier molecular flexibility index (Phi) is 3.30. The van der Waals surface area contributed by atoms with Crippen molar-refractivity contribution in [2.75, 3.05) is 33.2 Å². The molecule has 0 aromatic heterocycles. The Labute approximate surface area is 68.4 Å². The van der Waals surface area contributed by atoms with Crippen LogP contribution in [0.5, 0.6) is 0 Å². The van der Waals surface area contributed by atoms with E-state index in [4.69, 9.17) is 5.11 Å². The third kappa shape index (κ3) is 2.77. The fraction of sp³-hybridized carbons (Fsp3) is 1.00. The predicted molar refractivity (Wildman–Crippen MR) is 45.5 cm³/mol. The van der Waals surface area contributed by atoms with Gasteiger partial charge in [0.2, 0.25) is 0 Å². The van der Waals surface area contributed by atoms with Crippen LogP contribution >= 0.6 is 0 Å². The van der Waals surface area contributed by atoms with Crippen LogP contribution in [-0.2, 0) is 0 Å². The Bertz CT molecular complexity index is 111. The molecule has 1 atom stereocenters. The first-order chi connectivity index (χ1) is 5.22. The summed E-state index contributed by atoms with van der Waals surface area (Å²) in [7, 11) is 1.98. The van der Waals surface area contributed by atoms with Gasteiger partial charge >= 0.3 is 0 Å². The zero-order valence-electron chi connectivity index (χ0n) is 7.38. The van der Waals surface area contributed by atoms with Gasteiger partial charge in [-0.2, -0.15) is 0 Å². The monoisotopic (exact) mass is 158 g/mol. The molecule has 3 heteroatoms. The van der Waals surface area contributed by atoms with Gasteiger partial charge in [0.25, 0.3) is 0 Å². The molecule has 1 aliphatic heterocycles. The number of β-amino-alcohol motifs (C(OH)–C–C–N with tert-alkyl or cyclic N) is 1. The molecule has 0 radical (unpaired) electrons. The molecule has 1 saturated heterocycles. The van der Waals surface area contributed by atoms with E-state index in [-0.39, 0.29) is 6.10 Å². The first-order valence-corrected chi connectivity index (χ1v) is 4.27. The normalized spacial score (nSPS) is 23.2. The minimum atomic E-state index is -0.175. The van der Waals surface area contributed by atoms with E-state index in [1.165, 1.54) is 0 Å². The van der Waals surface area contributed by atoms with Crippen molar-refractivity contribution in [3.8, 4) is 0 Å². The largest absolute Gasteiger partial charge is 0.392 e. The fourth-order valence-corrected chi connectivity index (χ4v) is 1.62. The number of aliphatic hydroxyl groups excluding tert-OH is 1. The highest BCUT2D eigenvalue weighted by atomic mass is 16.3. The van der Waals surface area contributed by atoms with E-state index in [0.717, 1.165) is 32.1 Å². The SMILES string of the molecule is CNCC1CN(CC(C)O)C1. The van der Waals surface area contributed by atoms with Crippen molar-refractivity contribution in [3.05, 3.63) is 0 Å². The summed E-state index contributed by atoms with van der Waals surface area (Å²) >= 11 is 0. The van der Waals surface area contributed by atoms with Gasteiger partial charge in [0.05, 0.1) is 6.10 Å². The van der Waals surface area contributed by atoms with Gasteiger partial charge in [-0.3, -0.25) is 0 Å². The lowest BCUT2D eigenvalue weighted by molar-refractivity contribution is 0.0482. The number of likely N-dealkylation sites (tertiary alicyclic amines) is 1. The quantitative estimate of drug-likeness (QED) is 0.580. The molecule has 0 aromatic rings. The number of hydrogen-bond acceptors (Lipinski definition) is 3. The molecule has 0 aliphatic carbocycles. The summed E-state index contributed by atoms with van der Waals surface area (Å²) in [6.07, 6.45) is -0.175. The summed E-state index contributed by atoms with van der Waals surface area (Å²) in [5.74, 6) is 0.804. The van der Waals surface area contributed by atoms with Crippen molar-refractivity contribution in [2.45, 2.75) is 13.0 Å². The molecule has 1 heterocycles. The Morgan fingerprint density at radius 2 is 2.27 bits per heavy atom. The summed E-state index contributed by atoms with van der Waals surface area (Å²) < 4.78 is 0. The predicted octanol–water partition coefficient (Wildman–Crippen LogP) is -0.482. The van der Waals surface area contributed by atoms with Gasteiger partial charge in [-0.15, -0.1) is 0 Å². The molecule has 11 heavy (non-hydrogen) atoms. The van der Waals surface area contributed by atoms with Crippen molar-refractivity contribution < 1.29 is 5.11 Å². The Balaban J connectivity index is 2.00. The number of nitrogens with one attached hydrogen (secondary N) is 1. The van der Waals surface area contributed by atoms with E-state index in [1.807, 2.05) is 14.0 Å². The number of rotatable bonds is 4. The standard InChI is InChI=1S/C8H18N2O/c1-7(11)4-10-5-8(6-10)3-9-2/h7-9,11H,3-6H2,1-2H3.